The third-order valence-corrected chi connectivity index (χ3v) is 6.51. The molecule has 2 rings (SSSR count). The van der Waals surface area contributed by atoms with Gasteiger partial charge in [-0.3, -0.25) is 11.3 Å². The van der Waals surface area contributed by atoms with Crippen molar-refractivity contribution in [3.63, 3.8) is 0 Å². The second-order valence-corrected chi connectivity index (χ2v) is 7.73. The third-order valence-electron chi connectivity index (χ3n) is 6.51. The van der Waals surface area contributed by atoms with Crippen LogP contribution in [0.3, 0.4) is 0 Å². The van der Waals surface area contributed by atoms with Gasteiger partial charge in [0.05, 0.1) is 0 Å². The summed E-state index contributed by atoms with van der Waals surface area (Å²) < 4.78 is 0. The molecule has 0 radical (unpaired) electrons. The summed E-state index contributed by atoms with van der Waals surface area (Å²) in [5.74, 6) is 9.61. The Morgan fingerprint density at radius 3 is 2.33 bits per heavy atom. The van der Waals surface area contributed by atoms with Gasteiger partial charge in [-0.15, -0.1) is 0 Å². The Kier molecular flexibility index (Phi) is 7.53. The molecule has 0 aliphatic heterocycles. The van der Waals surface area contributed by atoms with Gasteiger partial charge in [0.1, 0.15) is 0 Å². The Hall–Kier alpha value is -0.0800. The van der Waals surface area contributed by atoms with Crippen LogP contribution in [0.25, 0.3) is 0 Å². The van der Waals surface area contributed by atoms with E-state index in [-0.39, 0.29) is 0 Å². The van der Waals surface area contributed by atoms with Crippen molar-refractivity contribution in [3.05, 3.63) is 0 Å². The van der Waals surface area contributed by atoms with Crippen LogP contribution in [0.2, 0.25) is 0 Å². The van der Waals surface area contributed by atoms with Crippen LogP contribution in [0.1, 0.15) is 90.9 Å². The van der Waals surface area contributed by atoms with Crippen molar-refractivity contribution < 1.29 is 0 Å². The number of rotatable bonds is 7. The van der Waals surface area contributed by atoms with E-state index in [0.29, 0.717) is 6.04 Å². The van der Waals surface area contributed by atoms with Crippen LogP contribution in [-0.2, 0) is 0 Å². The van der Waals surface area contributed by atoms with Crippen LogP contribution in [0.15, 0.2) is 0 Å². The van der Waals surface area contributed by atoms with Crippen LogP contribution in [-0.4, -0.2) is 6.04 Å². The van der Waals surface area contributed by atoms with Gasteiger partial charge in [0, 0.05) is 6.04 Å². The Balaban J connectivity index is 1.86. The van der Waals surface area contributed by atoms with Crippen LogP contribution < -0.4 is 11.3 Å². The predicted octanol–water partition coefficient (Wildman–Crippen LogP) is 5.03. The molecule has 124 valence electrons. The molecule has 2 heteroatoms. The highest BCUT2D eigenvalue weighted by Gasteiger charge is 2.36. The Bertz CT molecular complexity index is 271. The van der Waals surface area contributed by atoms with E-state index in [1.165, 1.54) is 77.0 Å². The molecule has 0 spiro atoms. The van der Waals surface area contributed by atoms with Gasteiger partial charge in [-0.1, -0.05) is 71.6 Å². The van der Waals surface area contributed by atoms with E-state index in [9.17, 15) is 0 Å². The Morgan fingerprint density at radius 1 is 1.00 bits per heavy atom. The van der Waals surface area contributed by atoms with E-state index < -0.39 is 0 Å². The molecule has 0 heterocycles. The van der Waals surface area contributed by atoms with Crippen LogP contribution in [0.5, 0.6) is 0 Å². The highest BCUT2D eigenvalue weighted by atomic mass is 15.2. The number of hydrogen-bond donors (Lipinski definition) is 2. The van der Waals surface area contributed by atoms with Crippen molar-refractivity contribution in [2.45, 2.75) is 96.9 Å². The average Bonchev–Trinajstić information content (AvgIpc) is 2.55. The highest BCUT2D eigenvalue weighted by Crippen LogP contribution is 2.41. The monoisotopic (exact) mass is 294 g/mol. The standard InChI is InChI=1S/C19H38N2/c1-3-5-8-15-11-13-17(14-12-15)19(21-20)18-10-7-6-9-16(18)4-2/h15-19,21H,3-14,20H2,1-2H3. The third kappa shape index (κ3) is 4.69. The van der Waals surface area contributed by atoms with Crippen molar-refractivity contribution in [2.75, 3.05) is 0 Å². The van der Waals surface area contributed by atoms with Gasteiger partial charge in [0.15, 0.2) is 0 Å². The van der Waals surface area contributed by atoms with Crippen LogP contribution in [0, 0.1) is 23.7 Å². The van der Waals surface area contributed by atoms with Gasteiger partial charge in [-0.25, -0.2) is 0 Å². The second-order valence-electron chi connectivity index (χ2n) is 7.73. The molecule has 0 aromatic rings. The van der Waals surface area contributed by atoms with E-state index in [2.05, 4.69) is 19.3 Å². The molecule has 0 saturated heterocycles. The van der Waals surface area contributed by atoms with E-state index in [0.717, 1.165) is 23.7 Å². The van der Waals surface area contributed by atoms with E-state index in [1.807, 2.05) is 0 Å². The first kappa shape index (κ1) is 17.3. The molecular weight excluding hydrogens is 256 g/mol. The molecule has 2 fully saturated rings. The molecule has 0 amide bonds. The summed E-state index contributed by atoms with van der Waals surface area (Å²) in [5, 5.41) is 0. The van der Waals surface area contributed by atoms with Gasteiger partial charge in [0.25, 0.3) is 0 Å². The van der Waals surface area contributed by atoms with Crippen LogP contribution >= 0.6 is 0 Å². The minimum atomic E-state index is 0.586. The molecular formula is C19H38N2. The second kappa shape index (κ2) is 9.15. The zero-order valence-corrected chi connectivity index (χ0v) is 14.4. The topological polar surface area (TPSA) is 38.0 Å². The lowest BCUT2D eigenvalue weighted by molar-refractivity contribution is 0.107. The normalized spacial score (nSPS) is 35.6. The summed E-state index contributed by atoms with van der Waals surface area (Å²) >= 11 is 0. The zero-order chi connectivity index (χ0) is 15.1. The zero-order valence-electron chi connectivity index (χ0n) is 14.4. The quantitative estimate of drug-likeness (QED) is 0.510. The first-order valence-electron chi connectivity index (χ1n) is 9.76. The molecule has 0 aromatic carbocycles. The van der Waals surface area contributed by atoms with Crippen molar-refractivity contribution >= 4 is 0 Å². The fourth-order valence-electron chi connectivity index (χ4n) is 5.15. The number of nitrogens with two attached hydrogens (primary N) is 1. The van der Waals surface area contributed by atoms with E-state index >= 15 is 0 Å². The minimum Gasteiger partial charge on any atom is -0.271 e. The van der Waals surface area contributed by atoms with E-state index in [4.69, 9.17) is 5.84 Å². The summed E-state index contributed by atoms with van der Waals surface area (Å²) in [7, 11) is 0. The number of nitrogens with one attached hydrogen (secondary N) is 1. The molecule has 0 aromatic heterocycles. The van der Waals surface area contributed by atoms with Gasteiger partial charge in [-0.2, -0.15) is 0 Å². The number of hydrazine groups is 1. The SMILES string of the molecule is CCCCC1CCC(C(NN)C2CCCCC2CC)CC1. The van der Waals surface area contributed by atoms with Gasteiger partial charge >= 0.3 is 0 Å². The largest absolute Gasteiger partial charge is 0.271 e. The summed E-state index contributed by atoms with van der Waals surface area (Å²) in [6.07, 6.45) is 17.0. The molecule has 0 bridgehead atoms. The molecule has 2 saturated carbocycles. The van der Waals surface area contributed by atoms with Crippen molar-refractivity contribution in [1.82, 2.24) is 5.43 Å². The summed E-state index contributed by atoms with van der Waals surface area (Å²) in [4.78, 5) is 0. The lowest BCUT2D eigenvalue weighted by atomic mass is 9.67. The maximum atomic E-state index is 6.02. The van der Waals surface area contributed by atoms with E-state index in [1.54, 1.807) is 0 Å². The molecule has 21 heavy (non-hydrogen) atoms. The summed E-state index contributed by atoms with van der Waals surface area (Å²) in [5.41, 5.74) is 3.26. The number of unbranched alkanes of at least 4 members (excludes halogenated alkanes) is 1. The van der Waals surface area contributed by atoms with Crippen molar-refractivity contribution in [3.8, 4) is 0 Å². The fraction of sp³-hybridized carbons (Fsp3) is 1.00. The van der Waals surface area contributed by atoms with Gasteiger partial charge in [0.2, 0.25) is 0 Å². The van der Waals surface area contributed by atoms with Crippen molar-refractivity contribution in [2.24, 2.45) is 29.5 Å². The summed E-state index contributed by atoms with van der Waals surface area (Å²) in [6.45, 7) is 4.69. The van der Waals surface area contributed by atoms with Crippen molar-refractivity contribution in [1.29, 1.82) is 0 Å². The first-order chi connectivity index (χ1) is 10.3. The fourth-order valence-corrected chi connectivity index (χ4v) is 5.15. The molecule has 2 nitrogen and oxygen atoms in total. The predicted molar refractivity (Wildman–Crippen MR) is 91.8 cm³/mol. The maximum absolute atomic E-state index is 6.02. The molecule has 2 aliphatic rings. The summed E-state index contributed by atoms with van der Waals surface area (Å²) in [6, 6.07) is 0.586. The lowest BCUT2D eigenvalue weighted by Crippen LogP contribution is -2.50. The molecule has 3 atom stereocenters. The molecule has 2 aliphatic carbocycles. The Morgan fingerprint density at radius 2 is 1.71 bits per heavy atom. The smallest absolute Gasteiger partial charge is 0.0269 e. The average molecular weight is 295 g/mol. The Labute approximate surface area is 132 Å². The van der Waals surface area contributed by atoms with Gasteiger partial charge in [-0.05, 0) is 42.9 Å². The number of hydrogen-bond acceptors (Lipinski definition) is 2. The van der Waals surface area contributed by atoms with Gasteiger partial charge < -0.3 is 0 Å². The van der Waals surface area contributed by atoms with Crippen LogP contribution in [0.4, 0.5) is 0 Å². The lowest BCUT2D eigenvalue weighted by Gasteiger charge is -2.42. The first-order valence-corrected chi connectivity index (χ1v) is 9.76. The maximum Gasteiger partial charge on any atom is 0.0269 e. The highest BCUT2D eigenvalue weighted by molar-refractivity contribution is 4.90. The minimum absolute atomic E-state index is 0.586. The molecule has 3 unspecified atom stereocenters. The molecule has 3 N–H and O–H groups in total.